The van der Waals surface area contributed by atoms with Gasteiger partial charge in [-0.1, -0.05) is 13.8 Å². The Kier molecular flexibility index (Phi) is 5.14. The van der Waals surface area contributed by atoms with Crippen LogP contribution in [0.1, 0.15) is 40.5 Å². The molecule has 0 aromatic heterocycles. The molecule has 1 aliphatic heterocycles. The fraction of sp³-hybridized carbons (Fsp3) is 0.846. The van der Waals surface area contributed by atoms with Crippen molar-refractivity contribution in [1.82, 2.24) is 10.2 Å². The van der Waals surface area contributed by atoms with Crippen LogP contribution in [0.15, 0.2) is 0 Å². The van der Waals surface area contributed by atoms with E-state index in [1.807, 2.05) is 27.7 Å². The summed E-state index contributed by atoms with van der Waals surface area (Å²) in [6.07, 6.45) is 1.39. The summed E-state index contributed by atoms with van der Waals surface area (Å²) in [5, 5.41) is 2.68. The van der Waals surface area contributed by atoms with E-state index >= 15 is 0 Å². The normalized spacial score (nSPS) is 19.3. The molecule has 0 atom stereocenters. The van der Waals surface area contributed by atoms with E-state index in [1.165, 1.54) is 0 Å². The second-order valence-corrected chi connectivity index (χ2v) is 4.89. The van der Waals surface area contributed by atoms with E-state index in [4.69, 9.17) is 4.74 Å². The number of carbonyl (C=O) groups is 2. The van der Waals surface area contributed by atoms with Gasteiger partial charge in [-0.2, -0.15) is 0 Å². The van der Waals surface area contributed by atoms with Crippen molar-refractivity contribution in [3.8, 4) is 0 Å². The van der Waals surface area contributed by atoms with Gasteiger partial charge < -0.3 is 15.0 Å². The molecule has 1 aliphatic rings. The number of ether oxygens (including phenoxy) is 1. The number of nitrogens with one attached hydrogen (secondary N) is 1. The molecule has 0 saturated carbocycles. The zero-order valence-corrected chi connectivity index (χ0v) is 11.8. The van der Waals surface area contributed by atoms with Crippen molar-refractivity contribution in [3.05, 3.63) is 0 Å². The summed E-state index contributed by atoms with van der Waals surface area (Å²) in [7, 11) is 0. The molecule has 5 nitrogen and oxygen atoms in total. The molecule has 2 amide bonds. The highest BCUT2D eigenvalue weighted by atomic mass is 16.5. The average molecular weight is 256 g/mol. The summed E-state index contributed by atoms with van der Waals surface area (Å²) >= 11 is 0. The van der Waals surface area contributed by atoms with Crippen LogP contribution in [0.5, 0.6) is 0 Å². The Bertz CT molecular complexity index is 311. The van der Waals surface area contributed by atoms with Crippen LogP contribution < -0.4 is 5.32 Å². The summed E-state index contributed by atoms with van der Waals surface area (Å²) in [6.45, 7) is 8.85. The number of amides is 2. The third kappa shape index (κ3) is 2.83. The molecule has 0 unspecified atom stereocenters. The molecule has 1 rings (SSSR count). The first kappa shape index (κ1) is 15.0. The molecule has 1 N–H and O–H groups in total. The van der Waals surface area contributed by atoms with E-state index in [9.17, 15) is 9.59 Å². The van der Waals surface area contributed by atoms with E-state index in [-0.39, 0.29) is 24.5 Å². The van der Waals surface area contributed by atoms with Crippen LogP contribution in [0.25, 0.3) is 0 Å². The van der Waals surface area contributed by atoms with Crippen molar-refractivity contribution in [2.24, 2.45) is 0 Å². The lowest BCUT2D eigenvalue weighted by Crippen LogP contribution is -2.67. The number of carbonyl (C=O) groups excluding carboxylic acids is 2. The van der Waals surface area contributed by atoms with Gasteiger partial charge in [0.05, 0.1) is 19.3 Å². The Hall–Kier alpha value is -1.10. The molecule has 104 valence electrons. The van der Waals surface area contributed by atoms with Gasteiger partial charge in [0.1, 0.15) is 5.54 Å². The molecular weight excluding hydrogens is 232 g/mol. The maximum Gasteiger partial charge on any atom is 0.246 e. The first-order valence-corrected chi connectivity index (χ1v) is 6.68. The highest BCUT2D eigenvalue weighted by Gasteiger charge is 2.46. The second kappa shape index (κ2) is 6.18. The number of piperazine rings is 1. The Labute approximate surface area is 109 Å². The quantitative estimate of drug-likeness (QED) is 0.769. The fourth-order valence-corrected chi connectivity index (χ4v) is 2.45. The zero-order valence-electron chi connectivity index (χ0n) is 11.8. The van der Waals surface area contributed by atoms with Crippen LogP contribution >= 0.6 is 0 Å². The molecule has 0 radical (unpaired) electrons. The van der Waals surface area contributed by atoms with Gasteiger partial charge in [0.15, 0.2) is 0 Å². The molecule has 0 aromatic rings. The highest BCUT2D eigenvalue weighted by molar-refractivity contribution is 5.97. The molecule has 18 heavy (non-hydrogen) atoms. The SMILES string of the molecule is CCC1(CC)C(=O)NCC(=O)N1CCOC(C)C. The summed E-state index contributed by atoms with van der Waals surface area (Å²) in [6, 6.07) is 0. The molecule has 0 aliphatic carbocycles. The minimum atomic E-state index is -0.699. The van der Waals surface area contributed by atoms with Gasteiger partial charge in [-0.15, -0.1) is 0 Å². The Morgan fingerprint density at radius 2 is 1.94 bits per heavy atom. The van der Waals surface area contributed by atoms with Gasteiger partial charge in [-0.3, -0.25) is 9.59 Å². The lowest BCUT2D eigenvalue weighted by atomic mass is 9.87. The van der Waals surface area contributed by atoms with Crippen LogP contribution in [0.2, 0.25) is 0 Å². The summed E-state index contributed by atoms with van der Waals surface area (Å²) in [4.78, 5) is 25.8. The average Bonchev–Trinajstić information content (AvgIpc) is 2.34. The van der Waals surface area contributed by atoms with Gasteiger partial charge in [-0.05, 0) is 26.7 Å². The van der Waals surface area contributed by atoms with Gasteiger partial charge in [-0.25, -0.2) is 0 Å². The summed E-state index contributed by atoms with van der Waals surface area (Å²) < 4.78 is 5.48. The van der Waals surface area contributed by atoms with Crippen molar-refractivity contribution < 1.29 is 14.3 Å². The smallest absolute Gasteiger partial charge is 0.246 e. The maximum atomic E-state index is 12.1. The zero-order chi connectivity index (χ0) is 13.8. The second-order valence-electron chi connectivity index (χ2n) is 4.89. The lowest BCUT2D eigenvalue weighted by molar-refractivity contribution is -0.155. The number of hydrogen-bond donors (Lipinski definition) is 1. The minimum absolute atomic E-state index is 0.0225. The highest BCUT2D eigenvalue weighted by Crippen LogP contribution is 2.26. The molecule has 0 spiro atoms. The standard InChI is InChI=1S/C13H24N2O3/c1-5-13(6-2)12(17)14-9-11(16)15(13)7-8-18-10(3)4/h10H,5-9H2,1-4H3,(H,14,17). The van der Waals surface area contributed by atoms with Gasteiger partial charge >= 0.3 is 0 Å². The van der Waals surface area contributed by atoms with Crippen LogP contribution in [0.3, 0.4) is 0 Å². The maximum absolute atomic E-state index is 12.1. The van der Waals surface area contributed by atoms with E-state index in [0.717, 1.165) is 0 Å². The predicted molar refractivity (Wildman–Crippen MR) is 69.1 cm³/mol. The number of nitrogens with zero attached hydrogens (tertiary/aromatic N) is 1. The van der Waals surface area contributed by atoms with Crippen molar-refractivity contribution in [2.45, 2.75) is 52.2 Å². The lowest BCUT2D eigenvalue weighted by Gasteiger charge is -2.45. The number of hydrogen-bond acceptors (Lipinski definition) is 3. The predicted octanol–water partition coefficient (Wildman–Crippen LogP) is 0.929. The van der Waals surface area contributed by atoms with Gasteiger partial charge in [0.2, 0.25) is 11.8 Å². The molecule has 0 aromatic carbocycles. The molecule has 5 heteroatoms. The van der Waals surface area contributed by atoms with E-state index < -0.39 is 5.54 Å². The Morgan fingerprint density at radius 3 is 2.44 bits per heavy atom. The van der Waals surface area contributed by atoms with Crippen LogP contribution in [0.4, 0.5) is 0 Å². The molecule has 1 heterocycles. The molecule has 0 bridgehead atoms. The molecule has 1 saturated heterocycles. The third-order valence-corrected chi connectivity index (χ3v) is 3.58. The topological polar surface area (TPSA) is 58.6 Å². The molecule has 1 fully saturated rings. The minimum Gasteiger partial charge on any atom is -0.377 e. The van der Waals surface area contributed by atoms with Crippen molar-refractivity contribution in [1.29, 1.82) is 0 Å². The van der Waals surface area contributed by atoms with Crippen molar-refractivity contribution in [2.75, 3.05) is 19.7 Å². The third-order valence-electron chi connectivity index (χ3n) is 3.58. The largest absolute Gasteiger partial charge is 0.377 e. The first-order valence-electron chi connectivity index (χ1n) is 6.68. The van der Waals surface area contributed by atoms with Crippen molar-refractivity contribution in [3.63, 3.8) is 0 Å². The Balaban J connectivity index is 2.80. The van der Waals surface area contributed by atoms with E-state index in [2.05, 4.69) is 5.32 Å². The first-order chi connectivity index (χ1) is 8.47. The molecular formula is C13H24N2O3. The summed E-state index contributed by atoms with van der Waals surface area (Å²) in [5.74, 6) is -0.0673. The van der Waals surface area contributed by atoms with Gasteiger partial charge in [0, 0.05) is 6.54 Å². The Morgan fingerprint density at radius 1 is 1.33 bits per heavy atom. The number of rotatable bonds is 6. The van der Waals surface area contributed by atoms with Crippen LogP contribution in [-0.4, -0.2) is 48.1 Å². The van der Waals surface area contributed by atoms with Gasteiger partial charge in [0.25, 0.3) is 0 Å². The van der Waals surface area contributed by atoms with Crippen LogP contribution in [0, 0.1) is 0 Å². The van der Waals surface area contributed by atoms with E-state index in [1.54, 1.807) is 4.90 Å². The van der Waals surface area contributed by atoms with Crippen LogP contribution in [-0.2, 0) is 14.3 Å². The monoisotopic (exact) mass is 256 g/mol. The van der Waals surface area contributed by atoms with Crippen molar-refractivity contribution >= 4 is 11.8 Å². The van der Waals surface area contributed by atoms with E-state index in [0.29, 0.717) is 26.0 Å². The summed E-state index contributed by atoms with van der Waals surface area (Å²) in [5.41, 5.74) is -0.699. The fourth-order valence-electron chi connectivity index (χ4n) is 2.45.